The van der Waals surface area contributed by atoms with Crippen molar-refractivity contribution < 1.29 is 4.74 Å². The molecular weight excluding hydrogens is 343 g/mol. The number of nitrogens with one attached hydrogen (secondary N) is 1. The molecule has 1 fully saturated rings. The van der Waals surface area contributed by atoms with Gasteiger partial charge in [0, 0.05) is 39.8 Å². The highest BCUT2D eigenvalue weighted by Crippen LogP contribution is 2.15. The van der Waals surface area contributed by atoms with Gasteiger partial charge >= 0.3 is 0 Å². The summed E-state index contributed by atoms with van der Waals surface area (Å²) in [5.41, 5.74) is -0.0000813. The zero-order chi connectivity index (χ0) is 12.3. The van der Waals surface area contributed by atoms with E-state index in [0.717, 1.165) is 51.8 Å². The lowest BCUT2D eigenvalue weighted by Crippen LogP contribution is -2.50. The van der Waals surface area contributed by atoms with Crippen LogP contribution in [-0.4, -0.2) is 74.3 Å². The zero-order valence-electron chi connectivity index (χ0n) is 11.6. The van der Waals surface area contributed by atoms with Crippen LogP contribution in [0.1, 0.15) is 13.8 Å². The van der Waals surface area contributed by atoms with Gasteiger partial charge < -0.3 is 15.0 Å². The Bertz CT molecular complexity index is 296. The second kappa shape index (κ2) is 6.91. The molecule has 2 heterocycles. The zero-order valence-corrected chi connectivity index (χ0v) is 13.9. The largest absolute Gasteiger partial charge is 0.373 e. The molecule has 106 valence electrons. The molecular formula is C12H25IN4O. The first kappa shape index (κ1) is 16.0. The normalized spacial score (nSPS) is 23.5. The second-order valence-electron chi connectivity index (χ2n) is 5.44. The summed E-state index contributed by atoms with van der Waals surface area (Å²) in [4.78, 5) is 9.04. The Hall–Kier alpha value is -0.0800. The molecule has 0 radical (unpaired) electrons. The molecule has 0 saturated carbocycles. The Labute approximate surface area is 127 Å². The smallest absolute Gasteiger partial charge is 0.193 e. The molecule has 0 atom stereocenters. The molecule has 1 saturated heterocycles. The quantitative estimate of drug-likeness (QED) is 0.741. The van der Waals surface area contributed by atoms with Crippen molar-refractivity contribution in [1.82, 2.24) is 15.1 Å². The third kappa shape index (κ3) is 4.55. The molecule has 0 aromatic heterocycles. The number of aliphatic imine (C=N–C) groups is 1. The van der Waals surface area contributed by atoms with Crippen molar-refractivity contribution in [2.45, 2.75) is 19.4 Å². The van der Waals surface area contributed by atoms with Gasteiger partial charge in [-0.3, -0.25) is 9.89 Å². The summed E-state index contributed by atoms with van der Waals surface area (Å²) in [7, 11) is 2.08. The van der Waals surface area contributed by atoms with Crippen LogP contribution in [0.3, 0.4) is 0 Å². The van der Waals surface area contributed by atoms with Crippen LogP contribution in [-0.2, 0) is 4.74 Å². The van der Waals surface area contributed by atoms with Crippen molar-refractivity contribution in [2.75, 3.05) is 52.9 Å². The third-order valence-electron chi connectivity index (χ3n) is 3.27. The van der Waals surface area contributed by atoms with E-state index in [-0.39, 0.29) is 29.6 Å². The maximum absolute atomic E-state index is 5.70. The Morgan fingerprint density at radius 2 is 2.17 bits per heavy atom. The van der Waals surface area contributed by atoms with Gasteiger partial charge in [0.25, 0.3) is 0 Å². The van der Waals surface area contributed by atoms with Gasteiger partial charge in [-0.15, -0.1) is 24.0 Å². The molecule has 18 heavy (non-hydrogen) atoms. The van der Waals surface area contributed by atoms with Gasteiger partial charge in [-0.2, -0.15) is 0 Å². The van der Waals surface area contributed by atoms with Gasteiger partial charge in [0.05, 0.1) is 18.8 Å². The van der Waals surface area contributed by atoms with Gasteiger partial charge in [-0.1, -0.05) is 0 Å². The van der Waals surface area contributed by atoms with Gasteiger partial charge in [-0.05, 0) is 13.8 Å². The molecule has 5 nitrogen and oxygen atoms in total. The summed E-state index contributed by atoms with van der Waals surface area (Å²) in [5, 5.41) is 3.40. The molecule has 0 spiro atoms. The minimum Gasteiger partial charge on any atom is -0.373 e. The summed E-state index contributed by atoms with van der Waals surface area (Å²) in [6.07, 6.45) is 0. The number of morpholine rings is 1. The Morgan fingerprint density at radius 1 is 1.39 bits per heavy atom. The highest BCUT2D eigenvalue weighted by Gasteiger charge is 2.26. The lowest BCUT2D eigenvalue weighted by Gasteiger charge is -2.38. The number of guanidine groups is 1. The van der Waals surface area contributed by atoms with Crippen LogP contribution in [0.15, 0.2) is 4.99 Å². The van der Waals surface area contributed by atoms with Crippen molar-refractivity contribution >= 4 is 29.9 Å². The first-order valence-corrected chi connectivity index (χ1v) is 6.43. The van der Waals surface area contributed by atoms with Crippen LogP contribution < -0.4 is 5.32 Å². The number of hydrogen-bond acceptors (Lipinski definition) is 5. The van der Waals surface area contributed by atoms with Crippen LogP contribution in [0.4, 0.5) is 0 Å². The fraction of sp³-hybridized carbons (Fsp3) is 0.917. The summed E-state index contributed by atoms with van der Waals surface area (Å²) < 4.78 is 5.70. The van der Waals surface area contributed by atoms with Crippen LogP contribution in [0, 0.1) is 0 Å². The average molecular weight is 368 g/mol. The Kier molecular flexibility index (Phi) is 6.13. The molecule has 0 amide bonds. The second-order valence-corrected chi connectivity index (χ2v) is 5.44. The van der Waals surface area contributed by atoms with E-state index in [1.54, 1.807) is 0 Å². The van der Waals surface area contributed by atoms with Crippen molar-refractivity contribution in [3.8, 4) is 0 Å². The summed E-state index contributed by atoms with van der Waals surface area (Å²) >= 11 is 0. The molecule has 0 aromatic rings. The van der Waals surface area contributed by atoms with Crippen molar-refractivity contribution in [3.05, 3.63) is 0 Å². The van der Waals surface area contributed by atoms with Gasteiger partial charge in [0.2, 0.25) is 0 Å². The number of ether oxygens (including phenoxy) is 1. The van der Waals surface area contributed by atoms with Crippen LogP contribution >= 0.6 is 24.0 Å². The van der Waals surface area contributed by atoms with E-state index in [1.807, 2.05) is 0 Å². The lowest BCUT2D eigenvalue weighted by atomic mass is 10.1. The Balaban J connectivity index is 0.00000162. The fourth-order valence-electron chi connectivity index (χ4n) is 2.35. The van der Waals surface area contributed by atoms with Crippen LogP contribution in [0.25, 0.3) is 0 Å². The minimum atomic E-state index is -0.0000813. The highest BCUT2D eigenvalue weighted by atomic mass is 127. The first-order valence-electron chi connectivity index (χ1n) is 6.43. The van der Waals surface area contributed by atoms with Crippen molar-refractivity contribution in [1.29, 1.82) is 0 Å². The molecule has 0 bridgehead atoms. The molecule has 0 unspecified atom stereocenters. The standard InChI is InChI=1S/C12H24N4O.HI/c1-12(2)10-16(8-9-17-12)7-5-14-11-13-4-6-15(11)3;/h4-10H2,1-3H3,(H,13,14);1H. The first-order chi connectivity index (χ1) is 8.07. The Morgan fingerprint density at radius 3 is 2.78 bits per heavy atom. The highest BCUT2D eigenvalue weighted by molar-refractivity contribution is 14.0. The van der Waals surface area contributed by atoms with E-state index in [1.165, 1.54) is 0 Å². The number of hydrogen-bond donors (Lipinski definition) is 1. The van der Waals surface area contributed by atoms with Gasteiger partial charge in [-0.25, -0.2) is 0 Å². The predicted octanol–water partition coefficient (Wildman–Crippen LogP) is 0.606. The van der Waals surface area contributed by atoms with E-state index in [9.17, 15) is 0 Å². The topological polar surface area (TPSA) is 40.1 Å². The molecule has 0 aromatic carbocycles. The minimum absolute atomic E-state index is 0. The monoisotopic (exact) mass is 368 g/mol. The van der Waals surface area contributed by atoms with E-state index >= 15 is 0 Å². The number of halogens is 1. The van der Waals surface area contributed by atoms with Gasteiger partial charge in [0.1, 0.15) is 0 Å². The van der Waals surface area contributed by atoms with Crippen molar-refractivity contribution in [3.63, 3.8) is 0 Å². The van der Waals surface area contributed by atoms with Gasteiger partial charge in [0.15, 0.2) is 5.96 Å². The summed E-state index contributed by atoms with van der Waals surface area (Å²) in [5.74, 6) is 1.04. The number of nitrogens with zero attached hydrogens (tertiary/aromatic N) is 3. The summed E-state index contributed by atoms with van der Waals surface area (Å²) in [6.45, 7) is 11.2. The van der Waals surface area contributed by atoms with E-state index in [4.69, 9.17) is 4.74 Å². The fourth-order valence-corrected chi connectivity index (χ4v) is 2.35. The summed E-state index contributed by atoms with van der Waals surface area (Å²) in [6, 6.07) is 0. The number of likely N-dealkylation sites (N-methyl/N-ethyl adjacent to an activating group) is 1. The molecule has 2 aliphatic rings. The molecule has 6 heteroatoms. The molecule has 0 aliphatic carbocycles. The third-order valence-corrected chi connectivity index (χ3v) is 3.27. The van der Waals surface area contributed by atoms with E-state index in [2.05, 4.69) is 41.0 Å². The molecule has 2 aliphatic heterocycles. The van der Waals surface area contributed by atoms with E-state index in [0.29, 0.717) is 0 Å². The molecule has 1 N–H and O–H groups in total. The maximum Gasteiger partial charge on any atom is 0.193 e. The van der Waals surface area contributed by atoms with Crippen molar-refractivity contribution in [2.24, 2.45) is 4.99 Å². The van der Waals surface area contributed by atoms with Crippen LogP contribution in [0.5, 0.6) is 0 Å². The average Bonchev–Trinajstić information content (AvgIpc) is 2.63. The SMILES string of the molecule is CN1CCN=C1NCCN1CCOC(C)(C)C1.I. The maximum atomic E-state index is 5.70. The van der Waals surface area contributed by atoms with Crippen LogP contribution in [0.2, 0.25) is 0 Å². The predicted molar refractivity (Wildman–Crippen MR) is 84.8 cm³/mol. The lowest BCUT2D eigenvalue weighted by molar-refractivity contribution is -0.0852. The van der Waals surface area contributed by atoms with E-state index < -0.39 is 0 Å². The molecule has 2 rings (SSSR count). The number of rotatable bonds is 3.